The van der Waals surface area contributed by atoms with E-state index in [-0.39, 0.29) is 11.1 Å². The molecule has 1 aromatic rings. The second-order valence-electron chi connectivity index (χ2n) is 16.7. The van der Waals surface area contributed by atoms with Crippen LogP contribution in [0.25, 0.3) is 0 Å². The lowest BCUT2D eigenvalue weighted by Gasteiger charge is -2.34. The molecule has 6 N–H and O–H groups in total. The monoisotopic (exact) mass is 871 g/mol. The Kier molecular flexibility index (Phi) is 26.3. The predicted molar refractivity (Wildman–Crippen MR) is 239 cm³/mol. The number of hydrogen-bond donors (Lipinski definition) is 6. The standard InChI is InChI=1S/C28H38O6.C20H36N2O6/c1-3-33-17-21-9-5-19(6-10-21)15-25-23(27(29)30)13-14-24(28(31)32)26(25)16-20-7-11-22(12-8-20)18-34-4-2;1-3-27-16-10-7-13-20(22-19(25)26,14-8-11-17-28-4-2)12-6-5-9-15-21-18(23)24/h3-4,13-14,19-22H,1-2,5-12,15-18H2,(H,29,30)(H,31,32);3-4,21-22H,1-2,5-17H2,(H,23,24)(H,25,26). The number of benzene rings is 1. The summed E-state index contributed by atoms with van der Waals surface area (Å²) in [5.41, 5.74) is 1.48. The van der Waals surface area contributed by atoms with Crippen LogP contribution in [0, 0.1) is 23.7 Å². The van der Waals surface area contributed by atoms with E-state index in [0.717, 1.165) is 127 Å². The van der Waals surface area contributed by atoms with Gasteiger partial charge in [0.15, 0.2) is 0 Å². The van der Waals surface area contributed by atoms with Gasteiger partial charge in [0.25, 0.3) is 0 Å². The largest absolute Gasteiger partial charge is 0.502 e. The van der Waals surface area contributed by atoms with E-state index in [9.17, 15) is 34.5 Å². The van der Waals surface area contributed by atoms with Crippen molar-refractivity contribution in [3.63, 3.8) is 0 Å². The maximum absolute atomic E-state index is 12.1. The van der Waals surface area contributed by atoms with E-state index in [1.54, 1.807) is 0 Å². The topological polar surface area (TPSA) is 210 Å². The third-order valence-corrected chi connectivity index (χ3v) is 12.3. The van der Waals surface area contributed by atoms with Crippen molar-refractivity contribution >= 4 is 24.1 Å². The highest BCUT2D eigenvalue weighted by Crippen LogP contribution is 2.37. The van der Waals surface area contributed by atoms with Gasteiger partial charge in [0.2, 0.25) is 0 Å². The lowest BCUT2D eigenvalue weighted by molar-refractivity contribution is 0.0678. The van der Waals surface area contributed by atoms with Crippen molar-refractivity contribution in [2.75, 3.05) is 33.0 Å². The normalized spacial score (nSPS) is 18.4. The van der Waals surface area contributed by atoms with E-state index >= 15 is 0 Å². The van der Waals surface area contributed by atoms with Gasteiger partial charge < -0.3 is 50.0 Å². The average molecular weight is 871 g/mol. The fourth-order valence-corrected chi connectivity index (χ4v) is 8.96. The molecule has 2 amide bonds. The van der Waals surface area contributed by atoms with Crippen LogP contribution in [-0.4, -0.2) is 83.1 Å². The first kappa shape index (κ1) is 53.0. The van der Waals surface area contributed by atoms with Gasteiger partial charge in [0.1, 0.15) is 0 Å². The van der Waals surface area contributed by atoms with Gasteiger partial charge in [-0.15, -0.1) is 0 Å². The summed E-state index contributed by atoms with van der Waals surface area (Å²) in [6, 6.07) is 2.97. The second-order valence-corrected chi connectivity index (χ2v) is 16.7. The van der Waals surface area contributed by atoms with Crippen molar-refractivity contribution in [1.82, 2.24) is 10.6 Å². The zero-order valence-corrected chi connectivity index (χ0v) is 36.8. The molecular formula is C48H74N2O12. The second kappa shape index (κ2) is 30.8. The summed E-state index contributed by atoms with van der Waals surface area (Å²) in [7, 11) is 0. The van der Waals surface area contributed by atoms with E-state index < -0.39 is 29.7 Å². The summed E-state index contributed by atoms with van der Waals surface area (Å²) in [6.07, 6.45) is 21.0. The Balaban J connectivity index is 0.000000437. The Morgan fingerprint density at radius 1 is 0.548 bits per heavy atom. The van der Waals surface area contributed by atoms with Gasteiger partial charge in [-0.2, -0.15) is 0 Å². The van der Waals surface area contributed by atoms with Gasteiger partial charge >= 0.3 is 24.1 Å². The summed E-state index contributed by atoms with van der Waals surface area (Å²) in [5.74, 6) is -0.255. The lowest BCUT2D eigenvalue weighted by atomic mass is 9.75. The minimum atomic E-state index is -1.02. The first-order valence-electron chi connectivity index (χ1n) is 22.4. The van der Waals surface area contributed by atoms with Crippen LogP contribution in [0.2, 0.25) is 0 Å². The third kappa shape index (κ3) is 21.1. The number of aromatic carboxylic acids is 2. The molecule has 2 aliphatic carbocycles. The maximum Gasteiger partial charge on any atom is 0.405 e. The van der Waals surface area contributed by atoms with Crippen LogP contribution in [0.4, 0.5) is 9.59 Å². The van der Waals surface area contributed by atoms with E-state index in [0.29, 0.717) is 69.5 Å². The molecule has 348 valence electrons. The molecule has 0 heterocycles. The van der Waals surface area contributed by atoms with Crippen molar-refractivity contribution in [3.05, 3.63) is 85.8 Å². The lowest BCUT2D eigenvalue weighted by Crippen LogP contribution is -2.48. The molecule has 2 saturated carbocycles. The highest BCUT2D eigenvalue weighted by molar-refractivity contribution is 5.95. The molecule has 0 unspecified atom stereocenters. The fourth-order valence-electron chi connectivity index (χ4n) is 8.96. The quantitative estimate of drug-likeness (QED) is 0.0304. The molecule has 2 fully saturated rings. The molecular weight excluding hydrogens is 797 g/mol. The Labute approximate surface area is 368 Å². The van der Waals surface area contributed by atoms with Crippen molar-refractivity contribution in [2.45, 2.75) is 134 Å². The van der Waals surface area contributed by atoms with Gasteiger partial charge in [-0.05, 0) is 163 Å². The maximum atomic E-state index is 12.1. The molecule has 0 radical (unpaired) electrons. The van der Waals surface area contributed by atoms with Gasteiger partial charge in [-0.1, -0.05) is 39.2 Å². The third-order valence-electron chi connectivity index (χ3n) is 12.3. The molecule has 0 aromatic heterocycles. The number of unbranched alkanes of at least 4 members (excludes halogenated alkanes) is 4. The van der Waals surface area contributed by atoms with Crippen molar-refractivity contribution < 1.29 is 58.6 Å². The number of hydrogen-bond acceptors (Lipinski definition) is 8. The van der Waals surface area contributed by atoms with Gasteiger partial charge in [0.05, 0.1) is 62.6 Å². The van der Waals surface area contributed by atoms with Crippen molar-refractivity contribution in [3.8, 4) is 0 Å². The Hall–Kier alpha value is -5.14. The number of carboxylic acid groups (broad SMARTS) is 4. The molecule has 14 nitrogen and oxygen atoms in total. The Bertz CT molecular complexity index is 1440. The van der Waals surface area contributed by atoms with Crippen LogP contribution >= 0.6 is 0 Å². The number of rotatable bonds is 31. The molecule has 3 rings (SSSR count). The number of ether oxygens (including phenoxy) is 4. The number of nitrogens with one attached hydrogen (secondary N) is 2. The molecule has 14 heteroatoms. The Morgan fingerprint density at radius 3 is 1.29 bits per heavy atom. The predicted octanol–water partition coefficient (Wildman–Crippen LogP) is 10.6. The Morgan fingerprint density at radius 2 is 0.935 bits per heavy atom. The first-order valence-corrected chi connectivity index (χ1v) is 22.4. The van der Waals surface area contributed by atoms with Crippen LogP contribution < -0.4 is 10.6 Å². The average Bonchev–Trinajstić information content (AvgIpc) is 3.24. The molecule has 0 spiro atoms. The highest BCUT2D eigenvalue weighted by Gasteiger charge is 2.32. The number of carboxylic acids is 2. The van der Waals surface area contributed by atoms with Crippen LogP contribution in [-0.2, 0) is 31.8 Å². The van der Waals surface area contributed by atoms with Gasteiger partial charge in [0, 0.05) is 12.1 Å². The molecule has 0 bridgehead atoms. The van der Waals surface area contributed by atoms with Crippen LogP contribution in [0.3, 0.4) is 0 Å². The highest BCUT2D eigenvalue weighted by atomic mass is 16.5. The number of amides is 2. The zero-order valence-electron chi connectivity index (χ0n) is 36.8. The van der Waals surface area contributed by atoms with E-state index in [1.807, 2.05) is 0 Å². The van der Waals surface area contributed by atoms with E-state index in [4.69, 9.17) is 24.1 Å². The molecule has 1 aromatic carbocycles. The van der Waals surface area contributed by atoms with E-state index in [1.165, 1.54) is 37.2 Å². The first-order chi connectivity index (χ1) is 29.9. The van der Waals surface area contributed by atoms with Gasteiger partial charge in [-0.25, -0.2) is 19.2 Å². The number of carbonyl (C=O) groups is 4. The van der Waals surface area contributed by atoms with Crippen LogP contribution in [0.1, 0.15) is 147 Å². The smallest absolute Gasteiger partial charge is 0.405 e. The van der Waals surface area contributed by atoms with E-state index in [2.05, 4.69) is 36.9 Å². The molecule has 62 heavy (non-hydrogen) atoms. The van der Waals surface area contributed by atoms with Crippen LogP contribution in [0.5, 0.6) is 0 Å². The van der Waals surface area contributed by atoms with Crippen molar-refractivity contribution in [1.29, 1.82) is 0 Å². The molecule has 2 aliphatic rings. The summed E-state index contributed by atoms with van der Waals surface area (Å²) in [6.45, 7) is 17.1. The minimum Gasteiger partial charge on any atom is -0.502 e. The summed E-state index contributed by atoms with van der Waals surface area (Å²) in [5, 5.41) is 42.9. The SMILES string of the molecule is C=COCC1CCC(Cc2c(C(=O)O)ccc(C(=O)O)c2CC2CCC(COC=C)CC2)CC1.C=COCCCCC(CCCCCNC(=O)O)(CCCCOC=C)NC(=O)O. The summed E-state index contributed by atoms with van der Waals surface area (Å²) >= 11 is 0. The van der Waals surface area contributed by atoms with Gasteiger partial charge in [-0.3, -0.25) is 0 Å². The fraction of sp³-hybridized carbons (Fsp3) is 0.625. The molecule has 0 saturated heterocycles. The summed E-state index contributed by atoms with van der Waals surface area (Å²) in [4.78, 5) is 46.1. The minimum absolute atomic E-state index is 0.255. The van der Waals surface area contributed by atoms with Crippen LogP contribution in [0.15, 0.2) is 63.5 Å². The summed E-state index contributed by atoms with van der Waals surface area (Å²) < 4.78 is 21.0. The molecule has 0 aliphatic heterocycles. The zero-order chi connectivity index (χ0) is 45.6. The van der Waals surface area contributed by atoms with Crippen molar-refractivity contribution in [2.24, 2.45) is 23.7 Å². The molecule has 0 atom stereocenters.